The number of sulfone groups is 1. The Hall–Kier alpha value is -2.22. The zero-order valence-electron chi connectivity index (χ0n) is 11.6. The first-order valence-corrected chi connectivity index (χ1v) is 8.08. The number of hydrogen-bond acceptors (Lipinski definition) is 5. The molecule has 0 spiro atoms. The fourth-order valence-electron chi connectivity index (χ4n) is 1.70. The lowest BCUT2D eigenvalue weighted by atomic mass is 10.1. The Balaban J connectivity index is 2.90. The van der Waals surface area contributed by atoms with Crippen molar-refractivity contribution in [2.45, 2.75) is 13.0 Å². The summed E-state index contributed by atoms with van der Waals surface area (Å²) in [4.78, 5) is 26.4. The van der Waals surface area contributed by atoms with Crippen LogP contribution in [0.4, 0.5) is 0 Å². The normalized spacial score (nSPS) is 13.0. The number of pyridine rings is 1. The second-order valence-electron chi connectivity index (χ2n) is 4.60. The third-order valence-electron chi connectivity index (χ3n) is 2.43. The van der Waals surface area contributed by atoms with Crippen molar-refractivity contribution in [1.29, 1.82) is 0 Å². The van der Waals surface area contributed by atoms with E-state index in [-0.39, 0.29) is 11.3 Å². The van der Waals surface area contributed by atoms with Gasteiger partial charge in [0.05, 0.1) is 5.75 Å². The third kappa shape index (κ3) is 6.17. The van der Waals surface area contributed by atoms with Gasteiger partial charge in [0.1, 0.15) is 9.84 Å². The van der Waals surface area contributed by atoms with Gasteiger partial charge in [-0.1, -0.05) is 0 Å². The highest BCUT2D eigenvalue weighted by molar-refractivity contribution is 7.90. The average molecular weight is 312 g/mol. The number of nitrogens with one attached hydrogen (secondary N) is 1. The van der Waals surface area contributed by atoms with Crippen LogP contribution in [0.25, 0.3) is 6.08 Å². The van der Waals surface area contributed by atoms with Crippen LogP contribution in [-0.2, 0) is 14.6 Å². The number of carboxylic acid groups (broad SMARTS) is 1. The van der Waals surface area contributed by atoms with E-state index in [1.165, 1.54) is 24.5 Å². The SMILES string of the molecule is CC(CS(C)(=O)=O)NC(=O)c1ccncc1C=CC(=O)O. The number of nitrogens with zero attached hydrogens (tertiary/aromatic N) is 1. The highest BCUT2D eigenvalue weighted by atomic mass is 32.2. The topological polar surface area (TPSA) is 113 Å². The number of carboxylic acids is 1. The number of amides is 1. The van der Waals surface area contributed by atoms with E-state index in [0.717, 1.165) is 12.3 Å². The Morgan fingerprint density at radius 3 is 2.71 bits per heavy atom. The molecule has 0 aromatic carbocycles. The van der Waals surface area contributed by atoms with Crippen LogP contribution >= 0.6 is 0 Å². The molecule has 0 saturated heterocycles. The van der Waals surface area contributed by atoms with Crippen LogP contribution < -0.4 is 5.32 Å². The second kappa shape index (κ2) is 6.98. The molecule has 0 bridgehead atoms. The van der Waals surface area contributed by atoms with Gasteiger partial charge < -0.3 is 10.4 Å². The van der Waals surface area contributed by atoms with Gasteiger partial charge in [0, 0.05) is 41.9 Å². The lowest BCUT2D eigenvalue weighted by Gasteiger charge is -2.13. The van der Waals surface area contributed by atoms with Gasteiger partial charge in [-0.05, 0) is 19.1 Å². The summed E-state index contributed by atoms with van der Waals surface area (Å²) in [5.74, 6) is -1.81. The summed E-state index contributed by atoms with van der Waals surface area (Å²) < 4.78 is 22.3. The van der Waals surface area contributed by atoms with Crippen molar-refractivity contribution in [3.05, 3.63) is 35.7 Å². The molecule has 1 atom stereocenters. The van der Waals surface area contributed by atoms with Gasteiger partial charge in [-0.3, -0.25) is 9.78 Å². The molecule has 0 aliphatic heterocycles. The molecule has 0 radical (unpaired) electrons. The maximum atomic E-state index is 12.1. The van der Waals surface area contributed by atoms with Gasteiger partial charge in [-0.2, -0.15) is 0 Å². The van der Waals surface area contributed by atoms with E-state index in [4.69, 9.17) is 5.11 Å². The highest BCUT2D eigenvalue weighted by Gasteiger charge is 2.16. The minimum Gasteiger partial charge on any atom is -0.478 e. The Labute approximate surface area is 122 Å². The Bertz CT molecular complexity index is 667. The highest BCUT2D eigenvalue weighted by Crippen LogP contribution is 2.09. The van der Waals surface area contributed by atoms with Gasteiger partial charge >= 0.3 is 5.97 Å². The zero-order valence-corrected chi connectivity index (χ0v) is 12.4. The van der Waals surface area contributed by atoms with Gasteiger partial charge in [0.15, 0.2) is 0 Å². The molecule has 1 aromatic heterocycles. The van der Waals surface area contributed by atoms with E-state index in [0.29, 0.717) is 5.56 Å². The van der Waals surface area contributed by atoms with Crippen LogP contribution in [0.15, 0.2) is 24.5 Å². The van der Waals surface area contributed by atoms with E-state index in [1.54, 1.807) is 6.92 Å². The van der Waals surface area contributed by atoms with Gasteiger partial charge in [0.25, 0.3) is 5.91 Å². The van der Waals surface area contributed by atoms with E-state index in [1.807, 2.05) is 0 Å². The number of aliphatic carboxylic acids is 1. The summed E-state index contributed by atoms with van der Waals surface area (Å²) in [7, 11) is -3.20. The predicted molar refractivity (Wildman–Crippen MR) is 77.5 cm³/mol. The molecule has 1 amide bonds. The molecule has 1 aromatic rings. The molecule has 1 unspecified atom stereocenters. The number of rotatable bonds is 6. The monoisotopic (exact) mass is 312 g/mol. The van der Waals surface area contributed by atoms with Crippen molar-refractivity contribution in [2.75, 3.05) is 12.0 Å². The van der Waals surface area contributed by atoms with Gasteiger partial charge in [-0.25, -0.2) is 13.2 Å². The smallest absolute Gasteiger partial charge is 0.328 e. The van der Waals surface area contributed by atoms with Crippen molar-refractivity contribution in [2.24, 2.45) is 0 Å². The molecule has 7 nitrogen and oxygen atoms in total. The summed E-state index contributed by atoms with van der Waals surface area (Å²) in [5, 5.41) is 11.2. The summed E-state index contributed by atoms with van der Waals surface area (Å²) in [6.07, 6.45) is 5.99. The molecule has 2 N–H and O–H groups in total. The molecule has 8 heteroatoms. The van der Waals surface area contributed by atoms with Crippen LogP contribution in [0, 0.1) is 0 Å². The maximum Gasteiger partial charge on any atom is 0.328 e. The Morgan fingerprint density at radius 1 is 1.48 bits per heavy atom. The minimum absolute atomic E-state index is 0.176. The number of carbonyl (C=O) groups is 2. The van der Waals surface area contributed by atoms with Gasteiger partial charge in [0.2, 0.25) is 0 Å². The Morgan fingerprint density at radius 2 is 2.14 bits per heavy atom. The molecule has 0 aliphatic rings. The van der Waals surface area contributed by atoms with Crippen LogP contribution in [0.3, 0.4) is 0 Å². The molecule has 1 rings (SSSR count). The molecular weight excluding hydrogens is 296 g/mol. The number of hydrogen-bond donors (Lipinski definition) is 2. The second-order valence-corrected chi connectivity index (χ2v) is 6.79. The van der Waals surface area contributed by atoms with Crippen molar-refractivity contribution in [3.8, 4) is 0 Å². The molecule has 1 heterocycles. The van der Waals surface area contributed by atoms with Gasteiger partial charge in [-0.15, -0.1) is 0 Å². The lowest BCUT2D eigenvalue weighted by Crippen LogP contribution is -2.37. The molecular formula is C13H16N2O5S. The average Bonchev–Trinajstić information content (AvgIpc) is 2.34. The first kappa shape index (κ1) is 16.8. The quantitative estimate of drug-likeness (QED) is 0.732. The number of aromatic nitrogens is 1. The number of carbonyl (C=O) groups excluding carboxylic acids is 1. The van der Waals surface area contributed by atoms with E-state index < -0.39 is 27.8 Å². The van der Waals surface area contributed by atoms with Crippen molar-refractivity contribution >= 4 is 27.8 Å². The standard InChI is InChI=1S/C13H16N2O5S/c1-9(8-21(2,19)20)15-13(18)11-5-6-14-7-10(11)3-4-12(16)17/h3-7,9H,8H2,1-2H3,(H,15,18)(H,16,17). The first-order chi connectivity index (χ1) is 9.69. The van der Waals surface area contributed by atoms with Crippen LogP contribution in [0.2, 0.25) is 0 Å². The summed E-state index contributed by atoms with van der Waals surface area (Å²) >= 11 is 0. The lowest BCUT2D eigenvalue weighted by molar-refractivity contribution is -0.131. The van der Waals surface area contributed by atoms with Crippen LogP contribution in [0.1, 0.15) is 22.8 Å². The molecule has 114 valence electrons. The van der Waals surface area contributed by atoms with Crippen LogP contribution in [-0.4, -0.2) is 48.4 Å². The third-order valence-corrected chi connectivity index (χ3v) is 3.54. The summed E-state index contributed by atoms with van der Waals surface area (Å²) in [6, 6.07) is 0.876. The first-order valence-electron chi connectivity index (χ1n) is 6.02. The minimum atomic E-state index is -3.20. The van der Waals surface area contributed by atoms with E-state index in [9.17, 15) is 18.0 Å². The molecule has 0 aliphatic carbocycles. The molecule has 21 heavy (non-hydrogen) atoms. The van der Waals surface area contributed by atoms with Crippen molar-refractivity contribution in [3.63, 3.8) is 0 Å². The summed E-state index contributed by atoms with van der Waals surface area (Å²) in [6.45, 7) is 1.58. The fraction of sp³-hybridized carbons (Fsp3) is 0.308. The molecule has 0 fully saturated rings. The predicted octanol–water partition coefficient (Wildman–Crippen LogP) is 0.342. The largest absolute Gasteiger partial charge is 0.478 e. The van der Waals surface area contributed by atoms with Crippen molar-refractivity contribution in [1.82, 2.24) is 10.3 Å². The zero-order chi connectivity index (χ0) is 16.0. The van der Waals surface area contributed by atoms with Crippen LogP contribution in [0.5, 0.6) is 0 Å². The molecule has 0 saturated carbocycles. The fourth-order valence-corrected chi connectivity index (χ4v) is 2.70. The van der Waals surface area contributed by atoms with E-state index in [2.05, 4.69) is 10.3 Å². The summed E-state index contributed by atoms with van der Waals surface area (Å²) in [5.41, 5.74) is 0.562. The maximum absolute atomic E-state index is 12.1. The van der Waals surface area contributed by atoms with E-state index >= 15 is 0 Å². The Kier molecular flexibility index (Phi) is 5.60. The van der Waals surface area contributed by atoms with Crippen molar-refractivity contribution < 1.29 is 23.1 Å².